The third-order valence-electron chi connectivity index (χ3n) is 5.29. The van der Waals surface area contributed by atoms with Gasteiger partial charge in [-0.2, -0.15) is 0 Å². The van der Waals surface area contributed by atoms with E-state index in [9.17, 15) is 4.79 Å². The van der Waals surface area contributed by atoms with Crippen molar-refractivity contribution in [3.63, 3.8) is 0 Å². The highest BCUT2D eigenvalue weighted by Gasteiger charge is 2.23. The molecule has 4 heteroatoms. The first-order valence-corrected chi connectivity index (χ1v) is 10.7. The Morgan fingerprint density at radius 2 is 1.63 bits per heavy atom. The summed E-state index contributed by atoms with van der Waals surface area (Å²) >= 11 is 6.66. The Kier molecular flexibility index (Phi) is 6.20. The number of hydrogen-bond donors (Lipinski definition) is 1. The summed E-state index contributed by atoms with van der Waals surface area (Å²) in [7, 11) is 0. The van der Waals surface area contributed by atoms with Crippen molar-refractivity contribution in [3.8, 4) is 11.1 Å². The van der Waals surface area contributed by atoms with Gasteiger partial charge in [-0.05, 0) is 55.0 Å². The molecular formula is C26H24ClNO2. The number of aromatic amines is 1. The summed E-state index contributed by atoms with van der Waals surface area (Å²) in [6, 6.07) is 24.2. The molecule has 30 heavy (non-hydrogen) atoms. The topological polar surface area (TPSA) is 42.1 Å². The van der Waals surface area contributed by atoms with E-state index in [4.69, 9.17) is 16.3 Å². The van der Waals surface area contributed by atoms with E-state index < -0.39 is 0 Å². The molecule has 0 saturated carbocycles. The summed E-state index contributed by atoms with van der Waals surface area (Å²) in [4.78, 5) is 16.0. The van der Waals surface area contributed by atoms with Crippen LogP contribution in [0.3, 0.4) is 0 Å². The summed E-state index contributed by atoms with van der Waals surface area (Å²) in [5.74, 6) is -0.348. The first-order valence-electron chi connectivity index (χ1n) is 10.3. The third kappa shape index (κ3) is 4.12. The lowest BCUT2D eigenvalue weighted by atomic mass is 9.95. The lowest BCUT2D eigenvalue weighted by Gasteiger charge is -2.10. The monoisotopic (exact) mass is 417 g/mol. The molecule has 0 amide bonds. The fourth-order valence-corrected chi connectivity index (χ4v) is 4.19. The molecule has 1 aromatic heterocycles. The van der Waals surface area contributed by atoms with Gasteiger partial charge in [0, 0.05) is 21.5 Å². The number of halogens is 1. The van der Waals surface area contributed by atoms with E-state index in [0.717, 1.165) is 51.9 Å². The lowest BCUT2D eigenvalue weighted by molar-refractivity contribution is 0.0521. The van der Waals surface area contributed by atoms with Crippen LogP contribution in [0.15, 0.2) is 72.8 Å². The van der Waals surface area contributed by atoms with Gasteiger partial charge in [0.25, 0.3) is 0 Å². The van der Waals surface area contributed by atoms with Crippen LogP contribution in [-0.2, 0) is 17.6 Å². The lowest BCUT2D eigenvalue weighted by Crippen LogP contribution is -2.06. The zero-order valence-corrected chi connectivity index (χ0v) is 17.7. The van der Waals surface area contributed by atoms with Gasteiger partial charge in [-0.3, -0.25) is 0 Å². The van der Waals surface area contributed by atoms with Gasteiger partial charge >= 0.3 is 5.97 Å². The van der Waals surface area contributed by atoms with E-state index in [1.165, 1.54) is 5.56 Å². The summed E-state index contributed by atoms with van der Waals surface area (Å²) < 4.78 is 5.33. The van der Waals surface area contributed by atoms with Gasteiger partial charge in [-0.1, -0.05) is 72.3 Å². The molecule has 1 heterocycles. The molecular weight excluding hydrogens is 394 g/mol. The maximum absolute atomic E-state index is 12.7. The molecule has 1 N–H and O–H groups in total. The number of nitrogens with one attached hydrogen (secondary N) is 1. The van der Waals surface area contributed by atoms with Gasteiger partial charge in [0.1, 0.15) is 5.69 Å². The van der Waals surface area contributed by atoms with Crippen molar-refractivity contribution in [3.05, 3.63) is 94.6 Å². The minimum absolute atomic E-state index is 0.327. The molecule has 0 radical (unpaired) electrons. The number of H-pyrrole nitrogens is 1. The molecule has 0 spiro atoms. The van der Waals surface area contributed by atoms with E-state index in [0.29, 0.717) is 12.3 Å². The number of esters is 1. The maximum atomic E-state index is 12.7. The van der Waals surface area contributed by atoms with Crippen LogP contribution in [0.25, 0.3) is 22.0 Å². The molecule has 3 nitrogen and oxygen atoms in total. The summed E-state index contributed by atoms with van der Waals surface area (Å²) in [6.45, 7) is 2.14. The second-order valence-corrected chi connectivity index (χ2v) is 7.66. The largest absolute Gasteiger partial charge is 0.461 e. The van der Waals surface area contributed by atoms with Gasteiger partial charge in [0.2, 0.25) is 0 Å². The molecule has 0 aliphatic rings. The summed E-state index contributed by atoms with van der Waals surface area (Å²) in [5.41, 5.74) is 5.58. The molecule has 0 saturated heterocycles. The van der Waals surface area contributed by atoms with Crippen LogP contribution in [0.4, 0.5) is 0 Å². The Bertz CT molecular complexity index is 1150. The average molecular weight is 418 g/mol. The molecule has 3 aromatic carbocycles. The highest BCUT2D eigenvalue weighted by molar-refractivity contribution is 6.32. The van der Waals surface area contributed by atoms with Crippen LogP contribution in [0, 0.1) is 0 Å². The number of benzene rings is 3. The fraction of sp³-hybridized carbons (Fsp3) is 0.192. The Morgan fingerprint density at radius 3 is 2.33 bits per heavy atom. The summed E-state index contributed by atoms with van der Waals surface area (Å²) in [6.07, 6.45) is 2.77. The van der Waals surface area contributed by atoms with Gasteiger partial charge in [-0.15, -0.1) is 0 Å². The molecule has 0 unspecified atom stereocenters. The molecule has 0 aliphatic heterocycles. The van der Waals surface area contributed by atoms with Gasteiger partial charge in [0.15, 0.2) is 0 Å². The number of ether oxygens (including phenoxy) is 1. The molecule has 4 rings (SSSR count). The second kappa shape index (κ2) is 9.19. The molecule has 4 aromatic rings. The van der Waals surface area contributed by atoms with Crippen molar-refractivity contribution in [1.82, 2.24) is 4.98 Å². The highest BCUT2D eigenvalue weighted by Crippen LogP contribution is 2.38. The number of fused-ring (bicyclic) bond motifs is 1. The minimum Gasteiger partial charge on any atom is -0.461 e. The van der Waals surface area contributed by atoms with Crippen LogP contribution in [0.5, 0.6) is 0 Å². The van der Waals surface area contributed by atoms with Crippen LogP contribution in [0.2, 0.25) is 5.02 Å². The predicted molar refractivity (Wildman–Crippen MR) is 123 cm³/mol. The van der Waals surface area contributed by atoms with Crippen molar-refractivity contribution >= 4 is 28.5 Å². The van der Waals surface area contributed by atoms with E-state index in [1.54, 1.807) is 0 Å². The highest BCUT2D eigenvalue weighted by atomic mass is 35.5. The van der Waals surface area contributed by atoms with E-state index in [1.807, 2.05) is 55.5 Å². The third-order valence-corrected chi connectivity index (χ3v) is 5.65. The predicted octanol–water partition coefficient (Wildman–Crippen LogP) is 6.84. The van der Waals surface area contributed by atoms with E-state index >= 15 is 0 Å². The first-order chi connectivity index (χ1) is 14.7. The zero-order valence-electron chi connectivity index (χ0n) is 17.0. The van der Waals surface area contributed by atoms with Gasteiger partial charge in [0.05, 0.1) is 6.61 Å². The average Bonchev–Trinajstić information content (AvgIpc) is 3.17. The Morgan fingerprint density at radius 1 is 0.933 bits per heavy atom. The SMILES string of the molecule is CCOC(=O)c1[nH]c2ccc(Cl)c(CCCc3ccccc3)c2c1-c1ccccc1. The number of aryl methyl sites for hydroxylation is 2. The van der Waals surface area contributed by atoms with Gasteiger partial charge < -0.3 is 9.72 Å². The van der Waals surface area contributed by atoms with Crippen molar-refractivity contribution in [2.24, 2.45) is 0 Å². The smallest absolute Gasteiger partial charge is 0.355 e. The number of carbonyl (C=O) groups excluding carboxylic acids is 1. The second-order valence-electron chi connectivity index (χ2n) is 7.25. The summed E-state index contributed by atoms with van der Waals surface area (Å²) in [5, 5.41) is 1.73. The van der Waals surface area contributed by atoms with Crippen molar-refractivity contribution in [1.29, 1.82) is 0 Å². The number of rotatable bonds is 7. The maximum Gasteiger partial charge on any atom is 0.355 e. The van der Waals surface area contributed by atoms with Crippen LogP contribution >= 0.6 is 11.6 Å². The van der Waals surface area contributed by atoms with Crippen LogP contribution in [0.1, 0.15) is 35.0 Å². The van der Waals surface area contributed by atoms with Crippen molar-refractivity contribution < 1.29 is 9.53 Å². The molecule has 0 bridgehead atoms. The number of hydrogen-bond acceptors (Lipinski definition) is 2. The normalized spacial score (nSPS) is 11.0. The molecule has 152 valence electrons. The Hall–Kier alpha value is -3.04. The van der Waals surface area contributed by atoms with E-state index in [-0.39, 0.29) is 5.97 Å². The zero-order chi connectivity index (χ0) is 20.9. The minimum atomic E-state index is -0.348. The number of carbonyl (C=O) groups is 1. The fourth-order valence-electron chi connectivity index (χ4n) is 3.94. The first kappa shape index (κ1) is 20.2. The Labute approximate surface area is 181 Å². The Balaban J connectivity index is 1.79. The standard InChI is InChI=1S/C26H24ClNO2/c1-2-30-26(29)25-23(19-13-7-4-8-14-19)24-20(21(27)16-17-22(24)28-25)15-9-12-18-10-5-3-6-11-18/h3-8,10-11,13-14,16-17,28H,2,9,12,15H2,1H3. The number of aromatic nitrogens is 1. The van der Waals surface area contributed by atoms with Crippen LogP contribution < -0.4 is 0 Å². The van der Waals surface area contributed by atoms with Crippen molar-refractivity contribution in [2.45, 2.75) is 26.2 Å². The van der Waals surface area contributed by atoms with Crippen molar-refractivity contribution in [2.75, 3.05) is 6.61 Å². The quantitative estimate of drug-likeness (QED) is 0.334. The molecule has 0 atom stereocenters. The van der Waals surface area contributed by atoms with Crippen LogP contribution in [-0.4, -0.2) is 17.6 Å². The molecule has 0 fully saturated rings. The van der Waals surface area contributed by atoms with Gasteiger partial charge in [-0.25, -0.2) is 4.79 Å². The molecule has 0 aliphatic carbocycles. The van der Waals surface area contributed by atoms with E-state index in [2.05, 4.69) is 29.2 Å².